The predicted octanol–water partition coefficient (Wildman–Crippen LogP) is 19.0. The molecular formula is C66H40N2S. The third-order valence-electron chi connectivity index (χ3n) is 14.7. The molecule has 0 bridgehead atoms. The first-order chi connectivity index (χ1) is 34.2. The van der Waals surface area contributed by atoms with Crippen molar-refractivity contribution in [3.8, 4) is 27.9 Å². The van der Waals surface area contributed by atoms with Crippen molar-refractivity contribution in [2.45, 2.75) is 9.79 Å². The molecule has 0 amide bonds. The van der Waals surface area contributed by atoms with Crippen LogP contribution in [0.5, 0.6) is 0 Å². The molecule has 2 nitrogen and oxygen atoms in total. The molecule has 0 radical (unpaired) electrons. The smallest absolute Gasteiger partial charge is 0.0619 e. The molecular weight excluding hydrogens is 853 g/mol. The highest BCUT2D eigenvalue weighted by atomic mass is 32.2. The molecule has 14 aromatic rings. The maximum Gasteiger partial charge on any atom is 0.0619 e. The molecule has 320 valence electrons. The van der Waals surface area contributed by atoms with Crippen LogP contribution in [0, 0.1) is 0 Å². The van der Waals surface area contributed by atoms with Crippen LogP contribution in [0.1, 0.15) is 0 Å². The van der Waals surface area contributed by atoms with E-state index in [1.807, 2.05) is 11.8 Å². The molecule has 1 aromatic heterocycles. The highest BCUT2D eigenvalue weighted by Gasteiger charge is 2.27. The Labute approximate surface area is 402 Å². The number of benzene rings is 13. The fraction of sp³-hybridized carbons (Fsp3) is 0. The summed E-state index contributed by atoms with van der Waals surface area (Å²) in [5, 5.41) is 17.7. The molecule has 1 aliphatic rings. The number of fused-ring (bicyclic) bond motifs is 15. The van der Waals surface area contributed by atoms with Crippen LogP contribution in [0.2, 0.25) is 0 Å². The first-order valence-electron chi connectivity index (χ1n) is 23.7. The van der Waals surface area contributed by atoms with Gasteiger partial charge in [-0.1, -0.05) is 194 Å². The Bertz CT molecular complexity index is 4430. The molecule has 0 saturated heterocycles. The number of hydrogen-bond acceptors (Lipinski definition) is 2. The van der Waals surface area contributed by atoms with Crippen LogP contribution in [0.25, 0.3) is 114 Å². The lowest BCUT2D eigenvalue weighted by Gasteiger charge is -2.33. The summed E-state index contributed by atoms with van der Waals surface area (Å²) in [5.74, 6) is 0. The van der Waals surface area contributed by atoms with Crippen molar-refractivity contribution < 1.29 is 0 Å². The Kier molecular flexibility index (Phi) is 8.33. The maximum absolute atomic E-state index is 2.50. The Hall–Kier alpha value is -8.63. The minimum absolute atomic E-state index is 1.14. The van der Waals surface area contributed by atoms with Gasteiger partial charge in [0.05, 0.1) is 28.1 Å². The second-order valence-electron chi connectivity index (χ2n) is 18.4. The fourth-order valence-corrected chi connectivity index (χ4v) is 12.6. The Balaban J connectivity index is 0.864. The van der Waals surface area contributed by atoms with Crippen molar-refractivity contribution in [2.24, 2.45) is 0 Å². The number of nitrogens with zero attached hydrogens (tertiary/aromatic N) is 2. The van der Waals surface area contributed by atoms with Gasteiger partial charge >= 0.3 is 0 Å². The molecule has 1 aliphatic heterocycles. The third-order valence-corrected chi connectivity index (χ3v) is 15.8. The summed E-state index contributed by atoms with van der Waals surface area (Å²) in [6.07, 6.45) is 0. The molecule has 3 heteroatoms. The van der Waals surface area contributed by atoms with Crippen LogP contribution >= 0.6 is 11.8 Å². The second kappa shape index (κ2) is 14.9. The summed E-state index contributed by atoms with van der Waals surface area (Å²) in [4.78, 5) is 4.95. The third kappa shape index (κ3) is 5.88. The number of aromatic nitrogens is 1. The van der Waals surface area contributed by atoms with Crippen molar-refractivity contribution in [3.05, 3.63) is 243 Å². The summed E-state index contributed by atoms with van der Waals surface area (Å²) < 4.78 is 2.50. The van der Waals surface area contributed by atoms with Gasteiger partial charge in [-0.15, -0.1) is 0 Å². The monoisotopic (exact) mass is 892 g/mol. The summed E-state index contributed by atoms with van der Waals surface area (Å²) in [6, 6.07) is 90.2. The molecule has 0 saturated carbocycles. The van der Waals surface area contributed by atoms with Crippen molar-refractivity contribution in [1.82, 2.24) is 4.57 Å². The van der Waals surface area contributed by atoms with Gasteiger partial charge in [0.2, 0.25) is 0 Å². The molecule has 13 aromatic carbocycles. The SMILES string of the molecule is c1ccc2cc3c(cc2c1)Sc1cc(-c2ccc4c(c2)c2ccc5ccccc5c2n4-c2cccc4ccccc24)ccc1N3c1ccc(-c2ccc3c4ccccc4c4ccccc4c3c2)cc1. The van der Waals surface area contributed by atoms with Crippen molar-refractivity contribution >= 4 is 115 Å². The van der Waals surface area contributed by atoms with Gasteiger partial charge in [-0.2, -0.15) is 0 Å². The fourth-order valence-electron chi connectivity index (χ4n) is 11.5. The standard InChI is InChI=1S/C66H40N2S/c1-2-15-45-39-65-63(38-44(45)14-1)67(49-30-24-41(25-31-49)46-27-32-56-54-21-8-7-19-52(54)53-20-9-10-22-55(53)58(56)36-46)62-35-29-48(40-64(62)69-65)47-28-34-61-59(37-47)57-33-26-43-13-4-6-18-51(43)66(57)68(61)60-23-11-16-42-12-3-5-17-50(42)60/h1-40H. The van der Waals surface area contributed by atoms with Gasteiger partial charge in [-0.05, 0) is 137 Å². The van der Waals surface area contributed by atoms with Crippen LogP contribution in [-0.4, -0.2) is 4.57 Å². The first-order valence-corrected chi connectivity index (χ1v) is 24.5. The summed E-state index contributed by atoms with van der Waals surface area (Å²) in [6.45, 7) is 0. The van der Waals surface area contributed by atoms with Crippen LogP contribution in [0.3, 0.4) is 0 Å². The normalized spacial score (nSPS) is 12.6. The Morgan fingerprint density at radius 2 is 0.768 bits per heavy atom. The Morgan fingerprint density at radius 1 is 0.261 bits per heavy atom. The average molecular weight is 893 g/mol. The Morgan fingerprint density at radius 3 is 1.52 bits per heavy atom. The van der Waals surface area contributed by atoms with Crippen LogP contribution in [0.15, 0.2) is 252 Å². The quantitative estimate of drug-likeness (QED) is 0.163. The van der Waals surface area contributed by atoms with Crippen molar-refractivity contribution in [3.63, 3.8) is 0 Å². The molecule has 0 unspecified atom stereocenters. The van der Waals surface area contributed by atoms with Gasteiger partial charge in [0, 0.05) is 37.0 Å². The molecule has 0 spiro atoms. The zero-order chi connectivity index (χ0) is 45.2. The molecule has 15 rings (SSSR count). The zero-order valence-electron chi connectivity index (χ0n) is 37.4. The van der Waals surface area contributed by atoms with Crippen LogP contribution in [-0.2, 0) is 0 Å². The zero-order valence-corrected chi connectivity index (χ0v) is 38.2. The predicted molar refractivity (Wildman–Crippen MR) is 295 cm³/mol. The van der Waals surface area contributed by atoms with Crippen LogP contribution < -0.4 is 4.90 Å². The van der Waals surface area contributed by atoms with Gasteiger partial charge in [-0.3, -0.25) is 0 Å². The number of hydrogen-bond donors (Lipinski definition) is 0. The minimum atomic E-state index is 1.14. The largest absolute Gasteiger partial charge is 0.308 e. The molecule has 0 N–H and O–H groups in total. The topological polar surface area (TPSA) is 8.17 Å². The number of anilines is 3. The summed E-state index contributed by atoms with van der Waals surface area (Å²) in [5.41, 5.74) is 12.0. The van der Waals surface area contributed by atoms with E-state index in [1.165, 1.54) is 136 Å². The van der Waals surface area contributed by atoms with E-state index in [1.54, 1.807) is 0 Å². The lowest BCUT2D eigenvalue weighted by Crippen LogP contribution is -2.15. The minimum Gasteiger partial charge on any atom is -0.308 e. The average Bonchev–Trinajstić information content (AvgIpc) is 3.75. The van der Waals surface area contributed by atoms with E-state index in [2.05, 4.69) is 252 Å². The summed E-state index contributed by atoms with van der Waals surface area (Å²) in [7, 11) is 0. The maximum atomic E-state index is 2.50. The number of rotatable bonds is 4. The van der Waals surface area contributed by atoms with Crippen molar-refractivity contribution in [1.29, 1.82) is 0 Å². The lowest BCUT2D eigenvalue weighted by molar-refractivity contribution is 1.17. The van der Waals surface area contributed by atoms with E-state index < -0.39 is 0 Å². The molecule has 69 heavy (non-hydrogen) atoms. The lowest BCUT2D eigenvalue weighted by atomic mass is 9.92. The van der Waals surface area contributed by atoms with E-state index in [-0.39, 0.29) is 0 Å². The van der Waals surface area contributed by atoms with Gasteiger partial charge < -0.3 is 9.47 Å². The highest BCUT2D eigenvalue weighted by Crippen LogP contribution is 2.54. The van der Waals surface area contributed by atoms with Gasteiger partial charge in [0.25, 0.3) is 0 Å². The second-order valence-corrected chi connectivity index (χ2v) is 19.5. The van der Waals surface area contributed by atoms with E-state index in [0.29, 0.717) is 0 Å². The van der Waals surface area contributed by atoms with E-state index in [4.69, 9.17) is 0 Å². The molecule has 0 atom stereocenters. The molecule has 2 heterocycles. The van der Waals surface area contributed by atoms with Crippen molar-refractivity contribution in [2.75, 3.05) is 4.90 Å². The highest BCUT2D eigenvalue weighted by molar-refractivity contribution is 7.99. The van der Waals surface area contributed by atoms with Crippen LogP contribution in [0.4, 0.5) is 17.1 Å². The molecule has 0 fully saturated rings. The molecule has 0 aliphatic carbocycles. The summed E-state index contributed by atoms with van der Waals surface area (Å²) >= 11 is 1.87. The van der Waals surface area contributed by atoms with E-state index in [9.17, 15) is 0 Å². The van der Waals surface area contributed by atoms with Gasteiger partial charge in [0.1, 0.15) is 0 Å². The van der Waals surface area contributed by atoms with Gasteiger partial charge in [0.15, 0.2) is 0 Å². The first kappa shape index (κ1) is 38.5. The van der Waals surface area contributed by atoms with E-state index in [0.717, 1.165) is 5.69 Å². The van der Waals surface area contributed by atoms with E-state index >= 15 is 0 Å². The van der Waals surface area contributed by atoms with Gasteiger partial charge in [-0.25, -0.2) is 0 Å².